The number of hydrogen-bond acceptors (Lipinski definition) is 5. The average molecular weight is 461 g/mol. The molecule has 2 aromatic carbocycles. The first kappa shape index (κ1) is 20.7. The molecule has 0 aliphatic rings. The number of anilines is 1. The van der Waals surface area contributed by atoms with E-state index in [4.69, 9.17) is 27.9 Å². The van der Waals surface area contributed by atoms with Crippen molar-refractivity contribution in [2.45, 2.75) is 13.8 Å². The molecule has 0 unspecified atom stereocenters. The lowest BCUT2D eigenvalue weighted by Gasteiger charge is -2.09. The van der Waals surface area contributed by atoms with E-state index in [2.05, 4.69) is 29.2 Å². The van der Waals surface area contributed by atoms with Gasteiger partial charge in [-0.15, -0.1) is 16.4 Å². The summed E-state index contributed by atoms with van der Waals surface area (Å²) in [5, 5.41) is 10.2. The van der Waals surface area contributed by atoms with Crippen LogP contribution in [0.15, 0.2) is 47.8 Å². The number of nitrogens with one attached hydrogen (secondary N) is 1. The van der Waals surface area contributed by atoms with Gasteiger partial charge < -0.3 is 4.74 Å². The predicted molar refractivity (Wildman–Crippen MR) is 121 cm³/mol. The molecule has 0 atom stereocenters. The Kier molecular flexibility index (Phi) is 5.94. The fourth-order valence-electron chi connectivity index (χ4n) is 2.78. The van der Waals surface area contributed by atoms with Gasteiger partial charge in [0.15, 0.2) is 0 Å². The quantitative estimate of drug-likeness (QED) is 0.380. The molecule has 30 heavy (non-hydrogen) atoms. The maximum absolute atomic E-state index is 12.7. The summed E-state index contributed by atoms with van der Waals surface area (Å²) < 4.78 is 7.33. The molecule has 0 saturated heterocycles. The highest BCUT2D eigenvalue weighted by Gasteiger charge is 2.16. The minimum Gasteiger partial charge on any atom is -0.493 e. The van der Waals surface area contributed by atoms with Crippen LogP contribution in [-0.2, 0) is 0 Å². The minimum atomic E-state index is -0.314. The number of halogens is 2. The Labute approximate surface area is 187 Å². The van der Waals surface area contributed by atoms with Crippen LogP contribution < -0.4 is 10.1 Å². The molecule has 0 aliphatic heterocycles. The smallest absolute Gasteiger partial charge is 0.258 e. The number of ether oxygens (including phenoxy) is 1. The molecule has 0 bridgehead atoms. The van der Waals surface area contributed by atoms with Crippen LogP contribution in [0.1, 0.15) is 24.2 Å². The zero-order valence-electron chi connectivity index (χ0n) is 16.2. The molecule has 4 rings (SSSR count). The number of rotatable bonds is 6. The third-order valence-electron chi connectivity index (χ3n) is 4.19. The molecular formula is C21H18Cl2N4O2S. The van der Waals surface area contributed by atoms with Crippen LogP contribution >= 0.6 is 34.5 Å². The maximum Gasteiger partial charge on any atom is 0.258 e. The van der Waals surface area contributed by atoms with Crippen LogP contribution in [0.3, 0.4) is 0 Å². The van der Waals surface area contributed by atoms with E-state index in [-0.39, 0.29) is 11.9 Å². The number of carbonyl (C=O) groups excluding carboxylic acids is 1. The largest absolute Gasteiger partial charge is 0.493 e. The highest BCUT2D eigenvalue weighted by Crippen LogP contribution is 2.33. The maximum atomic E-state index is 12.7. The standard InChI is InChI=1S/C21H18Cl2N4O2S/c1-12(2)10-29-15-5-3-4-13(8-15)19(28)24-20-25-21-27(26-20)18(11-30-21)16-9-14(22)6-7-17(16)23/h3-9,11-12H,10H2,1-2H3,(H,24,26,28). The number of amides is 1. The molecule has 2 heterocycles. The molecule has 0 saturated carbocycles. The molecule has 4 aromatic rings. The SMILES string of the molecule is CC(C)COc1cccc(C(=O)Nc2nc3scc(-c4cc(Cl)ccc4Cl)n3n2)c1. The Balaban J connectivity index is 1.56. The fraction of sp³-hybridized carbons (Fsp3) is 0.190. The average Bonchev–Trinajstić information content (AvgIpc) is 3.28. The molecule has 1 N–H and O–H groups in total. The molecule has 0 fully saturated rings. The summed E-state index contributed by atoms with van der Waals surface area (Å²) in [5.74, 6) is 0.936. The van der Waals surface area contributed by atoms with Crippen LogP contribution in [0.25, 0.3) is 16.2 Å². The zero-order valence-corrected chi connectivity index (χ0v) is 18.6. The first-order valence-corrected chi connectivity index (χ1v) is 10.9. The number of thiazole rings is 1. The predicted octanol–water partition coefficient (Wildman–Crippen LogP) is 6.05. The summed E-state index contributed by atoms with van der Waals surface area (Å²) in [6.45, 7) is 4.72. The van der Waals surface area contributed by atoms with Gasteiger partial charge in [0.25, 0.3) is 11.9 Å². The highest BCUT2D eigenvalue weighted by atomic mass is 35.5. The first-order chi connectivity index (χ1) is 14.4. The van der Waals surface area contributed by atoms with Crippen LogP contribution in [0.5, 0.6) is 5.75 Å². The van der Waals surface area contributed by atoms with Crippen molar-refractivity contribution in [3.63, 3.8) is 0 Å². The number of fused-ring (bicyclic) bond motifs is 1. The van der Waals surface area contributed by atoms with Crippen LogP contribution in [-0.4, -0.2) is 27.1 Å². The molecule has 6 nitrogen and oxygen atoms in total. The first-order valence-electron chi connectivity index (χ1n) is 9.24. The second kappa shape index (κ2) is 8.63. The van der Waals surface area contributed by atoms with E-state index in [0.29, 0.717) is 38.8 Å². The summed E-state index contributed by atoms with van der Waals surface area (Å²) in [4.78, 5) is 17.7. The molecule has 0 spiro atoms. The van der Waals surface area contributed by atoms with Crippen molar-refractivity contribution in [3.05, 3.63) is 63.5 Å². The van der Waals surface area contributed by atoms with Crippen LogP contribution in [0.2, 0.25) is 10.0 Å². The van der Waals surface area contributed by atoms with Gasteiger partial charge in [0.2, 0.25) is 4.96 Å². The van der Waals surface area contributed by atoms with Gasteiger partial charge in [0, 0.05) is 21.5 Å². The minimum absolute atomic E-state index is 0.208. The van der Waals surface area contributed by atoms with Crippen LogP contribution in [0.4, 0.5) is 5.95 Å². The summed E-state index contributed by atoms with van der Waals surface area (Å²) in [7, 11) is 0. The molecular weight excluding hydrogens is 443 g/mol. The molecule has 154 valence electrons. The molecule has 0 aliphatic carbocycles. The van der Waals surface area contributed by atoms with E-state index in [1.807, 2.05) is 11.4 Å². The Morgan fingerprint density at radius 2 is 2.07 bits per heavy atom. The van der Waals surface area contributed by atoms with E-state index in [1.54, 1.807) is 40.9 Å². The summed E-state index contributed by atoms with van der Waals surface area (Å²) in [5.41, 5.74) is 1.96. The molecule has 9 heteroatoms. The van der Waals surface area contributed by atoms with Crippen molar-refractivity contribution in [1.29, 1.82) is 0 Å². The number of hydrogen-bond donors (Lipinski definition) is 1. The van der Waals surface area contributed by atoms with Crippen molar-refractivity contribution in [1.82, 2.24) is 14.6 Å². The van der Waals surface area contributed by atoms with E-state index in [0.717, 1.165) is 11.3 Å². The van der Waals surface area contributed by atoms with E-state index < -0.39 is 0 Å². The summed E-state index contributed by atoms with van der Waals surface area (Å²) in [6.07, 6.45) is 0. The molecule has 0 radical (unpaired) electrons. The number of benzene rings is 2. The molecule has 2 aromatic heterocycles. The third kappa shape index (κ3) is 4.43. The molecule has 1 amide bonds. The van der Waals surface area contributed by atoms with Crippen molar-refractivity contribution in [3.8, 4) is 17.0 Å². The van der Waals surface area contributed by atoms with Crippen molar-refractivity contribution >= 4 is 51.4 Å². The zero-order chi connectivity index (χ0) is 21.3. The monoisotopic (exact) mass is 460 g/mol. The van der Waals surface area contributed by atoms with E-state index in [9.17, 15) is 4.79 Å². The lowest BCUT2D eigenvalue weighted by atomic mass is 10.2. The van der Waals surface area contributed by atoms with Crippen molar-refractivity contribution in [2.24, 2.45) is 5.92 Å². The van der Waals surface area contributed by atoms with Gasteiger partial charge in [-0.25, -0.2) is 4.52 Å². The van der Waals surface area contributed by atoms with E-state index >= 15 is 0 Å². The third-order valence-corrected chi connectivity index (χ3v) is 5.57. The topological polar surface area (TPSA) is 68.5 Å². The highest BCUT2D eigenvalue weighted by molar-refractivity contribution is 7.15. The Hall–Kier alpha value is -2.61. The second-order valence-corrected chi connectivity index (χ2v) is 8.74. The number of nitrogens with zero attached hydrogens (tertiary/aromatic N) is 3. The van der Waals surface area contributed by atoms with Gasteiger partial charge in [-0.2, -0.15) is 4.98 Å². The van der Waals surface area contributed by atoms with Gasteiger partial charge >= 0.3 is 0 Å². The van der Waals surface area contributed by atoms with Gasteiger partial charge in [0.1, 0.15) is 5.75 Å². The number of carbonyl (C=O) groups is 1. The Morgan fingerprint density at radius 1 is 1.23 bits per heavy atom. The fourth-order valence-corrected chi connectivity index (χ4v) is 3.99. The normalized spacial score (nSPS) is 11.2. The number of aromatic nitrogens is 3. The van der Waals surface area contributed by atoms with Gasteiger partial charge in [-0.3, -0.25) is 10.1 Å². The van der Waals surface area contributed by atoms with Gasteiger partial charge in [-0.05, 0) is 42.3 Å². The van der Waals surface area contributed by atoms with Crippen molar-refractivity contribution < 1.29 is 9.53 Å². The van der Waals surface area contributed by atoms with Crippen molar-refractivity contribution in [2.75, 3.05) is 11.9 Å². The van der Waals surface area contributed by atoms with Gasteiger partial charge in [0.05, 0.1) is 17.3 Å². The lowest BCUT2D eigenvalue weighted by molar-refractivity contribution is 0.102. The van der Waals surface area contributed by atoms with E-state index in [1.165, 1.54) is 11.3 Å². The Morgan fingerprint density at radius 3 is 2.87 bits per heavy atom. The summed E-state index contributed by atoms with van der Waals surface area (Å²) in [6, 6.07) is 12.3. The second-order valence-electron chi connectivity index (χ2n) is 7.06. The van der Waals surface area contributed by atoms with Crippen LogP contribution in [0, 0.1) is 5.92 Å². The summed E-state index contributed by atoms with van der Waals surface area (Å²) >= 11 is 13.8. The van der Waals surface area contributed by atoms with Gasteiger partial charge in [-0.1, -0.05) is 43.1 Å². The lowest BCUT2D eigenvalue weighted by Crippen LogP contribution is -2.13. The Bertz CT molecular complexity index is 1220.